The first-order valence-corrected chi connectivity index (χ1v) is 9.62. The number of rotatable bonds is 8. The third kappa shape index (κ3) is 5.37. The number of aliphatic hydroxyl groups excluding tert-OH is 1. The van der Waals surface area contributed by atoms with E-state index in [0.717, 1.165) is 38.0 Å². The molecule has 3 rings (SSSR count). The van der Waals surface area contributed by atoms with Gasteiger partial charge in [0.1, 0.15) is 23.7 Å². The van der Waals surface area contributed by atoms with Gasteiger partial charge in [-0.25, -0.2) is 0 Å². The van der Waals surface area contributed by atoms with Crippen molar-refractivity contribution in [2.24, 2.45) is 0 Å². The molecule has 3 atom stereocenters. The van der Waals surface area contributed by atoms with Gasteiger partial charge in [-0.1, -0.05) is 41.9 Å². The molecule has 1 aliphatic carbocycles. The first-order valence-electron chi connectivity index (χ1n) is 9.24. The van der Waals surface area contributed by atoms with Gasteiger partial charge in [0.15, 0.2) is 0 Å². The summed E-state index contributed by atoms with van der Waals surface area (Å²) in [4.78, 5) is 0. The van der Waals surface area contributed by atoms with E-state index in [-0.39, 0.29) is 12.1 Å². The first-order chi connectivity index (χ1) is 12.7. The topological polar surface area (TPSA) is 50.7 Å². The lowest BCUT2D eigenvalue weighted by Gasteiger charge is -2.35. The van der Waals surface area contributed by atoms with Crippen molar-refractivity contribution in [1.82, 2.24) is 5.32 Å². The highest BCUT2D eigenvalue weighted by Gasteiger charge is 2.33. The molecule has 1 aliphatic rings. The molecule has 2 N–H and O–H groups in total. The Kier molecular flexibility index (Phi) is 7.18. The molecule has 0 aliphatic heterocycles. The summed E-state index contributed by atoms with van der Waals surface area (Å²) in [5.74, 6) is 1.52. The largest absolute Gasteiger partial charge is 0.494 e. The molecule has 0 radical (unpaired) electrons. The van der Waals surface area contributed by atoms with Gasteiger partial charge in [0.05, 0.1) is 11.6 Å². The summed E-state index contributed by atoms with van der Waals surface area (Å²) in [6, 6.07) is 17.2. The van der Waals surface area contributed by atoms with Gasteiger partial charge in [0, 0.05) is 6.04 Å². The van der Waals surface area contributed by atoms with E-state index in [1.54, 1.807) is 6.07 Å². The van der Waals surface area contributed by atoms with Crippen LogP contribution in [0.5, 0.6) is 11.5 Å². The Bertz CT molecular complexity index is 667. The maximum atomic E-state index is 10.7. The number of para-hydroxylation sites is 2. The van der Waals surface area contributed by atoms with Crippen molar-refractivity contribution < 1.29 is 14.6 Å². The highest BCUT2D eigenvalue weighted by molar-refractivity contribution is 6.32. The van der Waals surface area contributed by atoms with Gasteiger partial charge in [-0.3, -0.25) is 0 Å². The monoisotopic (exact) mass is 375 g/mol. The van der Waals surface area contributed by atoms with E-state index in [2.05, 4.69) is 5.32 Å². The summed E-state index contributed by atoms with van der Waals surface area (Å²) in [5, 5.41) is 14.7. The molecule has 0 heterocycles. The predicted molar refractivity (Wildman–Crippen MR) is 104 cm³/mol. The molecule has 0 aromatic heterocycles. The lowest BCUT2D eigenvalue weighted by molar-refractivity contribution is -0.0153. The molecule has 0 spiro atoms. The van der Waals surface area contributed by atoms with Crippen molar-refractivity contribution in [3.05, 3.63) is 59.6 Å². The van der Waals surface area contributed by atoms with Gasteiger partial charge in [-0.2, -0.15) is 0 Å². The second-order valence-electron chi connectivity index (χ2n) is 6.58. The number of ether oxygens (including phenoxy) is 2. The number of nitrogens with one attached hydrogen (secondary N) is 1. The van der Waals surface area contributed by atoms with Crippen LogP contribution in [0.4, 0.5) is 0 Å². The van der Waals surface area contributed by atoms with E-state index >= 15 is 0 Å². The maximum absolute atomic E-state index is 10.7. The summed E-state index contributed by atoms with van der Waals surface area (Å²) in [5.41, 5.74) is 0. The zero-order chi connectivity index (χ0) is 18.2. The Morgan fingerprint density at radius 1 is 1.04 bits per heavy atom. The third-order valence-corrected chi connectivity index (χ3v) is 4.96. The molecule has 26 heavy (non-hydrogen) atoms. The predicted octanol–water partition coefficient (Wildman–Crippen LogP) is 4.06. The zero-order valence-electron chi connectivity index (χ0n) is 14.8. The van der Waals surface area contributed by atoms with Gasteiger partial charge >= 0.3 is 0 Å². The van der Waals surface area contributed by atoms with Gasteiger partial charge in [-0.05, 0) is 56.5 Å². The van der Waals surface area contributed by atoms with Crippen LogP contribution in [0.3, 0.4) is 0 Å². The van der Waals surface area contributed by atoms with Gasteiger partial charge in [0.2, 0.25) is 0 Å². The number of hydrogen-bond donors (Lipinski definition) is 2. The van der Waals surface area contributed by atoms with E-state index < -0.39 is 6.10 Å². The summed E-state index contributed by atoms with van der Waals surface area (Å²) in [6.07, 6.45) is 2.90. The van der Waals surface area contributed by atoms with Crippen molar-refractivity contribution in [2.75, 3.05) is 13.2 Å². The molecular weight excluding hydrogens is 350 g/mol. The minimum atomic E-state index is -0.546. The fourth-order valence-electron chi connectivity index (χ4n) is 3.26. The number of aliphatic hydroxyl groups is 1. The fraction of sp³-hybridized carbons (Fsp3) is 0.429. The molecule has 1 fully saturated rings. The van der Waals surface area contributed by atoms with Crippen LogP contribution in [0.25, 0.3) is 0 Å². The van der Waals surface area contributed by atoms with Gasteiger partial charge in [-0.15, -0.1) is 0 Å². The SMILES string of the molecule is O[C@@H]1[C@@H](NCCCOc2ccccc2)CCC[C@H]1Oc1ccccc1Cl. The van der Waals surface area contributed by atoms with E-state index in [1.165, 1.54) is 0 Å². The van der Waals surface area contributed by atoms with Gasteiger partial charge in [0.25, 0.3) is 0 Å². The molecule has 0 amide bonds. The Hall–Kier alpha value is -1.75. The van der Waals surface area contributed by atoms with Crippen molar-refractivity contribution in [2.45, 2.75) is 43.9 Å². The smallest absolute Gasteiger partial charge is 0.138 e. The normalized spacial score (nSPS) is 22.8. The Labute approximate surface area is 160 Å². The van der Waals surface area contributed by atoms with Crippen molar-refractivity contribution in [3.63, 3.8) is 0 Å². The van der Waals surface area contributed by atoms with E-state index in [9.17, 15) is 5.11 Å². The standard InChI is InChI=1S/C21H26ClNO3/c22-17-10-4-5-12-19(17)26-20-13-6-11-18(21(20)24)23-14-7-15-25-16-8-2-1-3-9-16/h1-5,8-10,12,18,20-21,23-24H,6-7,11,13-15H2/t18-,20+,21+/m0/s1. The maximum Gasteiger partial charge on any atom is 0.138 e. The first kappa shape index (κ1) is 19.0. The minimum absolute atomic E-state index is 0.0352. The average Bonchev–Trinajstić information content (AvgIpc) is 2.67. The van der Waals surface area contributed by atoms with Crippen LogP contribution < -0.4 is 14.8 Å². The molecular formula is C21H26ClNO3. The van der Waals surface area contributed by atoms with E-state index in [1.807, 2.05) is 48.5 Å². The van der Waals surface area contributed by atoms with E-state index in [0.29, 0.717) is 17.4 Å². The second kappa shape index (κ2) is 9.81. The van der Waals surface area contributed by atoms with Crippen LogP contribution in [0.15, 0.2) is 54.6 Å². The Balaban J connectivity index is 1.41. The number of benzene rings is 2. The summed E-state index contributed by atoms with van der Waals surface area (Å²) >= 11 is 6.16. The summed E-state index contributed by atoms with van der Waals surface area (Å²) < 4.78 is 11.7. The lowest BCUT2D eigenvalue weighted by Crippen LogP contribution is -2.51. The number of halogens is 1. The van der Waals surface area contributed by atoms with Crippen LogP contribution in [-0.4, -0.2) is 36.5 Å². The van der Waals surface area contributed by atoms with Crippen LogP contribution in [0, 0.1) is 0 Å². The molecule has 5 heteroatoms. The summed E-state index contributed by atoms with van der Waals surface area (Å²) in [7, 11) is 0. The third-order valence-electron chi connectivity index (χ3n) is 4.65. The van der Waals surface area contributed by atoms with Crippen molar-refractivity contribution in [1.29, 1.82) is 0 Å². The highest BCUT2D eigenvalue weighted by atomic mass is 35.5. The number of hydrogen-bond acceptors (Lipinski definition) is 4. The quantitative estimate of drug-likeness (QED) is 0.683. The zero-order valence-corrected chi connectivity index (χ0v) is 15.6. The summed E-state index contributed by atoms with van der Waals surface area (Å²) in [6.45, 7) is 1.45. The van der Waals surface area contributed by atoms with Crippen molar-refractivity contribution >= 4 is 11.6 Å². The van der Waals surface area contributed by atoms with E-state index in [4.69, 9.17) is 21.1 Å². The molecule has 140 valence electrons. The molecule has 4 nitrogen and oxygen atoms in total. The second-order valence-corrected chi connectivity index (χ2v) is 6.99. The van der Waals surface area contributed by atoms with Crippen LogP contribution in [0.2, 0.25) is 5.02 Å². The average molecular weight is 376 g/mol. The van der Waals surface area contributed by atoms with Gasteiger partial charge < -0.3 is 19.9 Å². The fourth-order valence-corrected chi connectivity index (χ4v) is 3.44. The van der Waals surface area contributed by atoms with Crippen LogP contribution in [-0.2, 0) is 0 Å². The molecule has 0 unspecified atom stereocenters. The molecule has 2 aromatic carbocycles. The minimum Gasteiger partial charge on any atom is -0.494 e. The molecule has 0 bridgehead atoms. The van der Waals surface area contributed by atoms with Crippen molar-refractivity contribution in [3.8, 4) is 11.5 Å². The van der Waals surface area contributed by atoms with Crippen LogP contribution >= 0.6 is 11.6 Å². The molecule has 0 saturated heterocycles. The lowest BCUT2D eigenvalue weighted by atomic mass is 9.89. The molecule has 1 saturated carbocycles. The highest BCUT2D eigenvalue weighted by Crippen LogP contribution is 2.29. The van der Waals surface area contributed by atoms with Crippen LogP contribution in [0.1, 0.15) is 25.7 Å². The Morgan fingerprint density at radius 3 is 2.62 bits per heavy atom. The Morgan fingerprint density at radius 2 is 1.81 bits per heavy atom. The molecule has 2 aromatic rings.